The van der Waals surface area contributed by atoms with E-state index >= 15 is 0 Å². The molecule has 4 N–H and O–H groups in total. The van der Waals surface area contributed by atoms with Crippen molar-refractivity contribution >= 4 is 59.3 Å². The number of carboxylic acid groups (broad SMARTS) is 1. The van der Waals surface area contributed by atoms with Crippen molar-refractivity contribution in [3.8, 4) is 23.0 Å². The first kappa shape index (κ1) is 31.6. The molecule has 0 aliphatic carbocycles. The van der Waals surface area contributed by atoms with E-state index in [1.165, 1.54) is 36.4 Å². The van der Waals surface area contributed by atoms with Gasteiger partial charge < -0.3 is 24.4 Å². The molecule has 45 heavy (non-hydrogen) atoms. The normalized spacial score (nSPS) is 12.7. The lowest BCUT2D eigenvalue weighted by molar-refractivity contribution is 0.0681. The molecule has 0 aromatic heterocycles. The molecule has 5 rings (SSSR count). The van der Waals surface area contributed by atoms with Crippen molar-refractivity contribution in [3.63, 3.8) is 0 Å². The lowest BCUT2D eigenvalue weighted by Crippen LogP contribution is -2.17. The van der Waals surface area contributed by atoms with Gasteiger partial charge in [-0.2, -0.15) is 0 Å². The summed E-state index contributed by atoms with van der Waals surface area (Å²) in [5, 5.41) is 20.2. The first-order valence-corrected chi connectivity index (χ1v) is 16.6. The van der Waals surface area contributed by atoms with Gasteiger partial charge in [0.2, 0.25) is 0 Å². The Bertz CT molecular complexity index is 2070. The Hall–Kier alpha value is -4.80. The number of esters is 1. The molecule has 0 atom stereocenters. The number of ether oxygens (including phenoxy) is 3. The minimum atomic E-state index is -4.20. The van der Waals surface area contributed by atoms with E-state index in [1.807, 2.05) is 0 Å². The summed E-state index contributed by atoms with van der Waals surface area (Å²) in [7, 11) is -8.27. The Morgan fingerprint density at radius 1 is 0.800 bits per heavy atom. The number of carbonyl (C=O) groups is 2. The minimum absolute atomic E-state index is 0.00877. The Balaban J connectivity index is 1.36. The molecular weight excluding hydrogens is 696 g/mol. The lowest BCUT2D eigenvalue weighted by atomic mass is 10.1. The molecule has 1 heterocycles. The maximum Gasteiger partial charge on any atom is 0.347 e. The average Bonchev–Trinajstić information content (AvgIpc) is 2.97. The van der Waals surface area contributed by atoms with E-state index in [9.17, 15) is 36.6 Å². The van der Waals surface area contributed by atoms with E-state index in [1.54, 1.807) is 19.1 Å². The third-order valence-corrected chi connectivity index (χ3v) is 9.80. The number of rotatable bonds is 9. The van der Waals surface area contributed by atoms with Crippen molar-refractivity contribution in [2.75, 3.05) is 22.7 Å². The quantitative estimate of drug-likeness (QED) is 0.138. The van der Waals surface area contributed by atoms with Gasteiger partial charge in [0.25, 0.3) is 20.0 Å². The third kappa shape index (κ3) is 6.97. The molecule has 1 aliphatic heterocycles. The molecule has 0 saturated heterocycles. The molecule has 234 valence electrons. The molecule has 16 heteroatoms. The topological polar surface area (TPSA) is 195 Å². The van der Waals surface area contributed by atoms with E-state index < -0.39 is 54.6 Å². The van der Waals surface area contributed by atoms with Gasteiger partial charge >= 0.3 is 11.9 Å². The Morgan fingerprint density at radius 2 is 1.44 bits per heavy atom. The van der Waals surface area contributed by atoms with Gasteiger partial charge in [-0.15, -0.1) is 0 Å². The van der Waals surface area contributed by atoms with Crippen LogP contribution in [0.15, 0.2) is 87.1 Å². The SMILES string of the molecule is Cc1ccc(Br)cc1S(=O)(=O)Nc1ccc(C(=O)Oc2cc(NS(=O)(=O)c3ccc4c(c3)OCCO4)ccc2C(=O)O)c(O)c1. The number of phenolic OH excluding ortho intramolecular Hbond substituents is 1. The molecule has 0 spiro atoms. The third-order valence-electron chi connectivity index (χ3n) is 6.40. The number of hydrogen-bond acceptors (Lipinski definition) is 10. The van der Waals surface area contributed by atoms with Gasteiger partial charge in [0.1, 0.15) is 35.8 Å². The monoisotopic (exact) mass is 718 g/mol. The number of carboxylic acids is 1. The van der Waals surface area contributed by atoms with Crippen LogP contribution in [0.5, 0.6) is 23.0 Å². The lowest BCUT2D eigenvalue weighted by Gasteiger charge is -2.19. The summed E-state index contributed by atoms with van der Waals surface area (Å²) in [6.45, 7) is 2.18. The standard InChI is InChI=1S/C29H23BrN2O11S2/c1-16-2-3-17(30)12-27(16)45(39,40)32-18-4-7-21(23(33)13-18)29(36)43-25-14-19(5-8-22(25)28(34)35)31-44(37,38)20-6-9-24-26(15-20)42-11-10-41-24/h2-9,12-15,31-33H,10-11H2,1H3,(H,34,35). The first-order valence-electron chi connectivity index (χ1n) is 12.9. The van der Waals surface area contributed by atoms with Gasteiger partial charge in [-0.25, -0.2) is 26.4 Å². The number of nitrogens with one attached hydrogen (secondary N) is 2. The van der Waals surface area contributed by atoms with Gasteiger partial charge in [0, 0.05) is 22.7 Å². The molecule has 1 aliphatic rings. The molecule has 0 radical (unpaired) electrons. The van der Waals surface area contributed by atoms with Crippen LogP contribution < -0.4 is 23.7 Å². The summed E-state index contributed by atoms with van der Waals surface area (Å²) in [5.74, 6) is -3.24. The van der Waals surface area contributed by atoms with Crippen LogP contribution in [0.25, 0.3) is 0 Å². The molecule has 0 fully saturated rings. The Labute approximate surface area is 265 Å². The van der Waals surface area contributed by atoms with Gasteiger partial charge in [-0.05, 0) is 61.0 Å². The molecule has 4 aromatic rings. The van der Waals surface area contributed by atoms with Gasteiger partial charge in [-0.3, -0.25) is 9.44 Å². The first-order chi connectivity index (χ1) is 21.2. The van der Waals surface area contributed by atoms with Crippen LogP contribution in [0.4, 0.5) is 11.4 Å². The summed E-state index contributed by atoms with van der Waals surface area (Å²) < 4.78 is 73.2. The molecule has 4 aromatic carbocycles. The van der Waals surface area contributed by atoms with Gasteiger partial charge in [0.15, 0.2) is 11.5 Å². The van der Waals surface area contributed by atoms with Crippen LogP contribution in [0, 0.1) is 6.92 Å². The van der Waals surface area contributed by atoms with Gasteiger partial charge in [0.05, 0.1) is 21.2 Å². The molecule has 0 unspecified atom stereocenters. The van der Waals surface area contributed by atoms with Gasteiger partial charge in [-0.1, -0.05) is 22.0 Å². The largest absolute Gasteiger partial charge is 0.507 e. The van der Waals surface area contributed by atoms with Crippen LogP contribution in [0.3, 0.4) is 0 Å². The molecule has 0 amide bonds. The molecule has 13 nitrogen and oxygen atoms in total. The highest BCUT2D eigenvalue weighted by molar-refractivity contribution is 9.10. The number of hydrogen-bond donors (Lipinski definition) is 4. The van der Waals surface area contributed by atoms with Crippen molar-refractivity contribution in [1.29, 1.82) is 0 Å². The number of anilines is 2. The Morgan fingerprint density at radius 3 is 2.13 bits per heavy atom. The fourth-order valence-corrected chi connectivity index (χ4v) is 7.15. The maximum absolute atomic E-state index is 13.0. The zero-order chi connectivity index (χ0) is 32.5. The number of aromatic hydroxyl groups is 1. The van der Waals surface area contributed by atoms with E-state index in [0.717, 1.165) is 24.3 Å². The van der Waals surface area contributed by atoms with E-state index in [2.05, 4.69) is 25.4 Å². The van der Waals surface area contributed by atoms with E-state index in [4.69, 9.17) is 14.2 Å². The minimum Gasteiger partial charge on any atom is -0.507 e. The molecule has 0 bridgehead atoms. The van der Waals surface area contributed by atoms with Crippen molar-refractivity contribution < 1.29 is 50.8 Å². The Kier molecular flexibility index (Phi) is 8.64. The van der Waals surface area contributed by atoms with Crippen LogP contribution in [0.1, 0.15) is 26.3 Å². The number of phenols is 1. The van der Waals surface area contributed by atoms with Crippen LogP contribution in [-0.4, -0.2) is 52.2 Å². The predicted octanol–water partition coefficient (Wildman–Crippen LogP) is 4.75. The fraction of sp³-hybridized carbons (Fsp3) is 0.103. The fourth-order valence-electron chi connectivity index (χ4n) is 4.25. The maximum atomic E-state index is 13.0. The number of halogens is 1. The second-order valence-electron chi connectivity index (χ2n) is 9.56. The smallest absolute Gasteiger partial charge is 0.347 e. The highest BCUT2D eigenvalue weighted by Crippen LogP contribution is 2.34. The van der Waals surface area contributed by atoms with Crippen LogP contribution in [-0.2, 0) is 20.0 Å². The summed E-state index contributed by atoms with van der Waals surface area (Å²) in [6.07, 6.45) is 0. The highest BCUT2D eigenvalue weighted by atomic mass is 79.9. The van der Waals surface area contributed by atoms with E-state index in [-0.39, 0.29) is 33.5 Å². The summed E-state index contributed by atoms with van der Waals surface area (Å²) in [6, 6.07) is 15.2. The number of sulfonamides is 2. The zero-order valence-electron chi connectivity index (χ0n) is 23.1. The van der Waals surface area contributed by atoms with Crippen LogP contribution in [0.2, 0.25) is 0 Å². The van der Waals surface area contributed by atoms with Crippen LogP contribution >= 0.6 is 15.9 Å². The second kappa shape index (κ2) is 12.3. The molecular formula is C29H23BrN2O11S2. The summed E-state index contributed by atoms with van der Waals surface area (Å²) in [4.78, 5) is 24.6. The van der Waals surface area contributed by atoms with E-state index in [0.29, 0.717) is 22.4 Å². The van der Waals surface area contributed by atoms with Crippen molar-refractivity contribution in [2.24, 2.45) is 0 Å². The number of fused-ring (bicyclic) bond motifs is 1. The number of aryl methyl sites for hydroxylation is 1. The summed E-state index contributed by atoms with van der Waals surface area (Å²) in [5.41, 5.74) is -0.617. The second-order valence-corrected chi connectivity index (χ2v) is 13.8. The number of carbonyl (C=O) groups excluding carboxylic acids is 1. The zero-order valence-corrected chi connectivity index (χ0v) is 26.3. The number of aromatic carboxylic acids is 1. The average molecular weight is 720 g/mol. The van der Waals surface area contributed by atoms with Crippen molar-refractivity contribution in [1.82, 2.24) is 0 Å². The number of benzene rings is 4. The molecule has 0 saturated carbocycles. The van der Waals surface area contributed by atoms with Crippen molar-refractivity contribution in [2.45, 2.75) is 16.7 Å². The predicted molar refractivity (Wildman–Crippen MR) is 164 cm³/mol. The summed E-state index contributed by atoms with van der Waals surface area (Å²) >= 11 is 3.23. The highest BCUT2D eigenvalue weighted by Gasteiger charge is 2.24. The van der Waals surface area contributed by atoms with Crippen molar-refractivity contribution in [3.05, 3.63) is 94.0 Å².